The Bertz CT molecular complexity index is 586. The molecule has 1 aliphatic rings. The van der Waals surface area contributed by atoms with Crippen LogP contribution in [0.4, 0.5) is 0 Å². The van der Waals surface area contributed by atoms with Gasteiger partial charge in [0.15, 0.2) is 5.69 Å². The summed E-state index contributed by atoms with van der Waals surface area (Å²) in [6, 6.07) is 9.76. The summed E-state index contributed by atoms with van der Waals surface area (Å²) in [6.45, 7) is 1.38. The van der Waals surface area contributed by atoms with Gasteiger partial charge < -0.3 is 15.1 Å². The molecular weight excluding hydrogens is 254 g/mol. The van der Waals surface area contributed by atoms with Crippen LogP contribution in [-0.4, -0.2) is 34.9 Å². The van der Waals surface area contributed by atoms with Crippen molar-refractivity contribution in [1.29, 1.82) is 0 Å². The van der Waals surface area contributed by atoms with Gasteiger partial charge in [-0.05, 0) is 25.0 Å². The summed E-state index contributed by atoms with van der Waals surface area (Å²) in [5.41, 5.74) is 7.07. The summed E-state index contributed by atoms with van der Waals surface area (Å²) in [7, 11) is 0. The second kappa shape index (κ2) is 5.46. The van der Waals surface area contributed by atoms with E-state index in [1.54, 1.807) is 4.90 Å². The monoisotopic (exact) mass is 271 g/mol. The van der Waals surface area contributed by atoms with Crippen LogP contribution >= 0.6 is 0 Å². The number of oxazole rings is 1. The third-order valence-electron chi connectivity index (χ3n) is 3.57. The highest BCUT2D eigenvalue weighted by Gasteiger charge is 2.24. The number of aromatic nitrogens is 1. The topological polar surface area (TPSA) is 72.4 Å². The quantitative estimate of drug-likeness (QED) is 0.905. The summed E-state index contributed by atoms with van der Waals surface area (Å²) in [6.07, 6.45) is 3.11. The third kappa shape index (κ3) is 2.58. The number of rotatable bonds is 2. The number of carbonyl (C=O) groups is 1. The third-order valence-corrected chi connectivity index (χ3v) is 3.57. The zero-order valence-corrected chi connectivity index (χ0v) is 11.2. The molecule has 104 valence electrons. The van der Waals surface area contributed by atoms with E-state index in [2.05, 4.69) is 4.98 Å². The largest absolute Gasteiger partial charge is 0.444 e. The molecule has 3 rings (SSSR count). The maximum absolute atomic E-state index is 12.3. The molecule has 0 saturated carbocycles. The molecule has 2 heterocycles. The Kier molecular flexibility index (Phi) is 3.52. The van der Waals surface area contributed by atoms with Crippen LogP contribution in [0.1, 0.15) is 23.3 Å². The van der Waals surface area contributed by atoms with Crippen molar-refractivity contribution >= 4 is 5.91 Å². The first-order valence-electron chi connectivity index (χ1n) is 6.80. The fourth-order valence-corrected chi connectivity index (χ4v) is 2.35. The van der Waals surface area contributed by atoms with Gasteiger partial charge in [0.25, 0.3) is 5.91 Å². The summed E-state index contributed by atoms with van der Waals surface area (Å²) < 4.78 is 5.40. The molecule has 5 nitrogen and oxygen atoms in total. The van der Waals surface area contributed by atoms with Gasteiger partial charge in [-0.1, -0.05) is 18.2 Å². The highest BCUT2D eigenvalue weighted by molar-refractivity contribution is 5.92. The summed E-state index contributed by atoms with van der Waals surface area (Å²) >= 11 is 0. The number of likely N-dealkylation sites (tertiary alicyclic amines) is 1. The second-order valence-corrected chi connectivity index (χ2v) is 5.03. The van der Waals surface area contributed by atoms with Crippen LogP contribution in [0.15, 0.2) is 41.0 Å². The molecule has 1 aromatic carbocycles. The van der Waals surface area contributed by atoms with Crippen molar-refractivity contribution < 1.29 is 9.21 Å². The van der Waals surface area contributed by atoms with E-state index < -0.39 is 0 Å². The Hall–Kier alpha value is -2.14. The van der Waals surface area contributed by atoms with Gasteiger partial charge >= 0.3 is 0 Å². The lowest BCUT2D eigenvalue weighted by molar-refractivity contribution is 0.0709. The number of nitrogens with zero attached hydrogens (tertiary/aromatic N) is 2. The van der Waals surface area contributed by atoms with Crippen LogP contribution in [0.2, 0.25) is 0 Å². The molecule has 0 atom stereocenters. The second-order valence-electron chi connectivity index (χ2n) is 5.03. The number of benzene rings is 1. The summed E-state index contributed by atoms with van der Waals surface area (Å²) in [5, 5.41) is 0. The van der Waals surface area contributed by atoms with E-state index in [4.69, 9.17) is 10.2 Å². The van der Waals surface area contributed by atoms with Gasteiger partial charge in [-0.2, -0.15) is 0 Å². The highest BCUT2D eigenvalue weighted by atomic mass is 16.3. The molecule has 0 bridgehead atoms. The number of piperidine rings is 1. The Morgan fingerprint density at radius 3 is 2.65 bits per heavy atom. The predicted molar refractivity (Wildman–Crippen MR) is 75.1 cm³/mol. The summed E-state index contributed by atoms with van der Waals surface area (Å²) in [5.74, 6) is 0.394. The maximum atomic E-state index is 12.3. The number of nitrogens with two attached hydrogens (primary N) is 1. The molecule has 1 aliphatic heterocycles. The van der Waals surface area contributed by atoms with Crippen LogP contribution in [0, 0.1) is 0 Å². The zero-order chi connectivity index (χ0) is 13.9. The lowest BCUT2D eigenvalue weighted by Gasteiger charge is -2.29. The van der Waals surface area contributed by atoms with Crippen LogP contribution in [0.5, 0.6) is 0 Å². The van der Waals surface area contributed by atoms with Crippen molar-refractivity contribution in [2.24, 2.45) is 5.73 Å². The SMILES string of the molecule is NC1CCN(C(=O)c2coc(-c3ccccc3)n2)CC1. The van der Waals surface area contributed by atoms with Gasteiger partial charge in [0, 0.05) is 24.7 Å². The number of amides is 1. The highest BCUT2D eigenvalue weighted by Crippen LogP contribution is 2.19. The molecule has 2 aromatic rings. The molecule has 1 aromatic heterocycles. The molecular formula is C15H17N3O2. The van der Waals surface area contributed by atoms with Crippen molar-refractivity contribution in [3.63, 3.8) is 0 Å². The lowest BCUT2D eigenvalue weighted by atomic mass is 10.1. The molecule has 0 unspecified atom stereocenters. The van der Waals surface area contributed by atoms with Gasteiger partial charge in [-0.25, -0.2) is 4.98 Å². The average molecular weight is 271 g/mol. The van der Waals surface area contributed by atoms with Crippen molar-refractivity contribution in [1.82, 2.24) is 9.88 Å². The fourth-order valence-electron chi connectivity index (χ4n) is 2.35. The molecule has 2 N–H and O–H groups in total. The van der Waals surface area contributed by atoms with Crippen LogP contribution in [0.3, 0.4) is 0 Å². The fraction of sp³-hybridized carbons (Fsp3) is 0.333. The minimum atomic E-state index is -0.0807. The maximum Gasteiger partial charge on any atom is 0.275 e. The number of hydrogen-bond donors (Lipinski definition) is 1. The van der Waals surface area contributed by atoms with E-state index in [1.165, 1.54) is 6.26 Å². The Morgan fingerprint density at radius 1 is 1.25 bits per heavy atom. The van der Waals surface area contributed by atoms with Crippen LogP contribution in [0.25, 0.3) is 11.5 Å². The molecule has 0 radical (unpaired) electrons. The van der Waals surface area contributed by atoms with Crippen LogP contribution in [-0.2, 0) is 0 Å². The van der Waals surface area contributed by atoms with E-state index in [1.807, 2.05) is 30.3 Å². The predicted octanol–water partition coefficient (Wildman–Crippen LogP) is 1.90. The van der Waals surface area contributed by atoms with Crippen molar-refractivity contribution in [2.75, 3.05) is 13.1 Å². The average Bonchev–Trinajstić information content (AvgIpc) is 2.98. The van der Waals surface area contributed by atoms with E-state index >= 15 is 0 Å². The molecule has 1 fully saturated rings. The van der Waals surface area contributed by atoms with E-state index in [-0.39, 0.29) is 11.9 Å². The van der Waals surface area contributed by atoms with Crippen molar-refractivity contribution in [2.45, 2.75) is 18.9 Å². The van der Waals surface area contributed by atoms with Gasteiger partial charge in [0.1, 0.15) is 6.26 Å². The Labute approximate surface area is 117 Å². The first kappa shape index (κ1) is 12.9. The van der Waals surface area contributed by atoms with Gasteiger partial charge in [-0.15, -0.1) is 0 Å². The number of carbonyl (C=O) groups excluding carboxylic acids is 1. The van der Waals surface area contributed by atoms with Gasteiger partial charge in [0.05, 0.1) is 0 Å². The van der Waals surface area contributed by atoms with Crippen molar-refractivity contribution in [3.05, 3.63) is 42.3 Å². The van der Waals surface area contributed by atoms with Crippen LogP contribution < -0.4 is 5.73 Å². The Balaban J connectivity index is 1.75. The first-order valence-corrected chi connectivity index (χ1v) is 6.80. The van der Waals surface area contributed by atoms with Crippen molar-refractivity contribution in [3.8, 4) is 11.5 Å². The zero-order valence-electron chi connectivity index (χ0n) is 11.2. The molecule has 0 aliphatic carbocycles. The van der Waals surface area contributed by atoms with Gasteiger partial charge in [-0.3, -0.25) is 4.79 Å². The standard InChI is InChI=1S/C15H17N3O2/c16-12-6-8-18(9-7-12)15(19)13-10-20-14(17-13)11-4-2-1-3-5-11/h1-5,10,12H,6-9,16H2. The van der Waals surface area contributed by atoms with E-state index in [9.17, 15) is 4.79 Å². The minimum Gasteiger partial charge on any atom is -0.444 e. The van der Waals surface area contributed by atoms with Gasteiger partial charge in [0.2, 0.25) is 5.89 Å². The number of hydrogen-bond acceptors (Lipinski definition) is 4. The minimum absolute atomic E-state index is 0.0807. The summed E-state index contributed by atoms with van der Waals surface area (Å²) in [4.78, 5) is 18.4. The molecule has 1 amide bonds. The Morgan fingerprint density at radius 2 is 1.95 bits per heavy atom. The normalized spacial score (nSPS) is 16.4. The lowest BCUT2D eigenvalue weighted by Crippen LogP contribution is -2.42. The molecule has 5 heteroatoms. The first-order chi connectivity index (χ1) is 9.74. The molecule has 20 heavy (non-hydrogen) atoms. The molecule has 0 spiro atoms. The molecule has 1 saturated heterocycles. The van der Waals surface area contributed by atoms with E-state index in [0.717, 1.165) is 18.4 Å². The smallest absolute Gasteiger partial charge is 0.275 e. The van der Waals surface area contributed by atoms with E-state index in [0.29, 0.717) is 24.7 Å².